The van der Waals surface area contributed by atoms with Crippen LogP contribution >= 0.6 is 0 Å². The molecule has 35 heavy (non-hydrogen) atoms. The Hall–Kier alpha value is -3.95. The Kier molecular flexibility index (Phi) is 7.28. The zero-order valence-corrected chi connectivity index (χ0v) is 19.6. The SMILES string of the molecule is CC(=O)N1CCN(c2ccc(C(=O)N[C@@H](Cc3ccccc3)C(=O)NC3CC3)cc2[N+](=O)[O-])CC1. The van der Waals surface area contributed by atoms with E-state index in [1.165, 1.54) is 19.1 Å². The van der Waals surface area contributed by atoms with Crippen molar-refractivity contribution in [2.45, 2.75) is 38.3 Å². The minimum atomic E-state index is -0.802. The molecule has 0 unspecified atom stereocenters. The van der Waals surface area contributed by atoms with Crippen molar-refractivity contribution < 1.29 is 19.3 Å². The predicted octanol–water partition coefficient (Wildman–Crippen LogP) is 1.88. The van der Waals surface area contributed by atoms with Gasteiger partial charge in [-0.05, 0) is 30.5 Å². The van der Waals surface area contributed by atoms with Crippen molar-refractivity contribution in [2.24, 2.45) is 0 Å². The molecule has 2 aliphatic rings. The summed E-state index contributed by atoms with van der Waals surface area (Å²) in [6, 6.07) is 13.1. The number of amides is 3. The van der Waals surface area contributed by atoms with Gasteiger partial charge in [0.25, 0.3) is 11.6 Å². The molecule has 0 bridgehead atoms. The molecule has 2 fully saturated rings. The van der Waals surface area contributed by atoms with E-state index in [2.05, 4.69) is 10.6 Å². The zero-order chi connectivity index (χ0) is 24.9. The highest BCUT2D eigenvalue weighted by atomic mass is 16.6. The van der Waals surface area contributed by atoms with Crippen molar-refractivity contribution in [1.29, 1.82) is 0 Å². The number of nitro benzene ring substituents is 1. The van der Waals surface area contributed by atoms with E-state index in [4.69, 9.17) is 0 Å². The standard InChI is InChI=1S/C25H29N5O5/c1-17(31)28-11-13-29(14-12-28)22-10-7-19(16-23(22)30(34)35)24(32)27-21(25(33)26-20-8-9-20)15-18-5-3-2-4-6-18/h2-7,10,16,20-21H,8-9,11-15H2,1H3,(H,26,33)(H,27,32)/t21-/m0/s1. The summed E-state index contributed by atoms with van der Waals surface area (Å²) in [4.78, 5) is 52.3. The molecule has 0 radical (unpaired) electrons. The largest absolute Gasteiger partial charge is 0.362 e. The van der Waals surface area contributed by atoms with Gasteiger partial charge in [0, 0.05) is 57.2 Å². The van der Waals surface area contributed by atoms with Crippen LogP contribution in [0.5, 0.6) is 0 Å². The first kappa shape index (κ1) is 24.2. The van der Waals surface area contributed by atoms with Crippen molar-refractivity contribution in [2.75, 3.05) is 31.1 Å². The van der Waals surface area contributed by atoms with Crippen LogP contribution in [-0.2, 0) is 16.0 Å². The fourth-order valence-electron chi connectivity index (χ4n) is 4.17. The molecule has 2 aromatic carbocycles. The van der Waals surface area contributed by atoms with E-state index in [-0.39, 0.29) is 29.1 Å². The summed E-state index contributed by atoms with van der Waals surface area (Å²) in [7, 11) is 0. The number of piperazine rings is 1. The molecule has 1 heterocycles. The van der Waals surface area contributed by atoms with Crippen molar-refractivity contribution in [1.82, 2.24) is 15.5 Å². The highest BCUT2D eigenvalue weighted by Gasteiger charge is 2.30. The van der Waals surface area contributed by atoms with Gasteiger partial charge in [0.15, 0.2) is 0 Å². The summed E-state index contributed by atoms with van der Waals surface area (Å²) in [6.07, 6.45) is 2.16. The van der Waals surface area contributed by atoms with Crippen LogP contribution in [0, 0.1) is 10.1 Å². The number of rotatable bonds is 8. The first-order valence-electron chi connectivity index (χ1n) is 11.8. The summed E-state index contributed by atoms with van der Waals surface area (Å²) in [5.41, 5.74) is 1.23. The van der Waals surface area contributed by atoms with Gasteiger partial charge in [-0.25, -0.2) is 0 Å². The number of hydrogen-bond donors (Lipinski definition) is 2. The number of nitro groups is 1. The van der Waals surface area contributed by atoms with Gasteiger partial charge in [-0.2, -0.15) is 0 Å². The normalized spacial score (nSPS) is 16.4. The summed E-state index contributed by atoms with van der Waals surface area (Å²) in [5.74, 6) is -0.839. The first-order valence-corrected chi connectivity index (χ1v) is 11.8. The van der Waals surface area contributed by atoms with Gasteiger partial charge in [0.1, 0.15) is 11.7 Å². The Bertz CT molecular complexity index is 1110. The van der Waals surface area contributed by atoms with Gasteiger partial charge in [-0.3, -0.25) is 24.5 Å². The zero-order valence-electron chi connectivity index (χ0n) is 19.6. The summed E-state index contributed by atoms with van der Waals surface area (Å²) in [5, 5.41) is 17.5. The molecule has 1 atom stereocenters. The van der Waals surface area contributed by atoms with Gasteiger partial charge < -0.3 is 20.4 Å². The molecule has 1 aliphatic carbocycles. The molecular formula is C25H29N5O5. The number of nitrogens with zero attached hydrogens (tertiary/aromatic N) is 3. The third kappa shape index (κ3) is 6.14. The van der Waals surface area contributed by atoms with Crippen LogP contribution in [0.15, 0.2) is 48.5 Å². The Morgan fingerprint density at radius 2 is 1.74 bits per heavy atom. The Balaban J connectivity index is 1.50. The number of carbonyl (C=O) groups is 3. The monoisotopic (exact) mass is 479 g/mol. The molecule has 0 aromatic heterocycles. The average Bonchev–Trinajstić information content (AvgIpc) is 3.68. The summed E-state index contributed by atoms with van der Waals surface area (Å²) >= 11 is 0. The van der Waals surface area contributed by atoms with Crippen LogP contribution in [0.1, 0.15) is 35.7 Å². The lowest BCUT2D eigenvalue weighted by Gasteiger charge is -2.35. The minimum Gasteiger partial charge on any atom is -0.362 e. The van der Waals surface area contributed by atoms with Crippen LogP contribution in [-0.4, -0.2) is 65.8 Å². The average molecular weight is 480 g/mol. The topological polar surface area (TPSA) is 125 Å². The number of carbonyl (C=O) groups excluding carboxylic acids is 3. The first-order chi connectivity index (χ1) is 16.8. The van der Waals surface area contributed by atoms with E-state index >= 15 is 0 Å². The summed E-state index contributed by atoms with van der Waals surface area (Å²) in [6.45, 7) is 3.39. The lowest BCUT2D eigenvalue weighted by molar-refractivity contribution is -0.384. The highest BCUT2D eigenvalue weighted by Crippen LogP contribution is 2.30. The van der Waals surface area contributed by atoms with Crippen LogP contribution in [0.25, 0.3) is 0 Å². The third-order valence-electron chi connectivity index (χ3n) is 6.33. The Labute approximate surface area is 203 Å². The summed E-state index contributed by atoms with van der Waals surface area (Å²) < 4.78 is 0. The van der Waals surface area contributed by atoms with Crippen LogP contribution in [0.4, 0.5) is 11.4 Å². The third-order valence-corrected chi connectivity index (χ3v) is 6.33. The van der Waals surface area contributed by atoms with Crippen molar-refractivity contribution in [3.8, 4) is 0 Å². The molecule has 10 nitrogen and oxygen atoms in total. The van der Waals surface area contributed by atoms with Crippen molar-refractivity contribution in [3.05, 3.63) is 69.8 Å². The second-order valence-electron chi connectivity index (χ2n) is 8.95. The van der Waals surface area contributed by atoms with E-state index in [9.17, 15) is 24.5 Å². The van der Waals surface area contributed by atoms with Crippen LogP contribution < -0.4 is 15.5 Å². The Morgan fingerprint density at radius 3 is 2.34 bits per heavy atom. The lowest BCUT2D eigenvalue weighted by Crippen LogP contribution is -2.49. The fraction of sp³-hybridized carbons (Fsp3) is 0.400. The molecule has 1 aliphatic heterocycles. The maximum atomic E-state index is 13.1. The lowest BCUT2D eigenvalue weighted by atomic mass is 10.0. The van der Waals surface area contributed by atoms with Gasteiger partial charge in [0.05, 0.1) is 4.92 Å². The highest BCUT2D eigenvalue weighted by molar-refractivity contribution is 5.99. The van der Waals surface area contributed by atoms with Gasteiger partial charge in [-0.1, -0.05) is 30.3 Å². The molecule has 1 saturated carbocycles. The number of hydrogen-bond acceptors (Lipinski definition) is 6. The van der Waals surface area contributed by atoms with E-state index in [1.54, 1.807) is 11.0 Å². The minimum absolute atomic E-state index is 0.0260. The maximum Gasteiger partial charge on any atom is 0.293 e. The molecular weight excluding hydrogens is 450 g/mol. The number of anilines is 1. The molecule has 184 valence electrons. The van der Waals surface area contributed by atoms with Gasteiger partial charge in [0.2, 0.25) is 11.8 Å². The number of benzene rings is 2. The van der Waals surface area contributed by atoms with Gasteiger partial charge >= 0.3 is 0 Å². The van der Waals surface area contributed by atoms with Crippen molar-refractivity contribution >= 4 is 29.1 Å². The van der Waals surface area contributed by atoms with E-state index < -0.39 is 16.9 Å². The molecule has 2 aromatic rings. The maximum absolute atomic E-state index is 13.1. The van der Waals surface area contributed by atoms with Crippen LogP contribution in [0.2, 0.25) is 0 Å². The van der Waals surface area contributed by atoms with Gasteiger partial charge in [-0.15, -0.1) is 0 Å². The van der Waals surface area contributed by atoms with Crippen LogP contribution in [0.3, 0.4) is 0 Å². The quantitative estimate of drug-likeness (QED) is 0.440. The molecule has 10 heteroatoms. The second kappa shape index (κ2) is 10.5. The predicted molar refractivity (Wildman–Crippen MR) is 130 cm³/mol. The smallest absolute Gasteiger partial charge is 0.293 e. The molecule has 0 spiro atoms. The molecule has 1 saturated heterocycles. The second-order valence-corrected chi connectivity index (χ2v) is 8.95. The van der Waals surface area contributed by atoms with E-state index in [0.717, 1.165) is 18.4 Å². The van der Waals surface area contributed by atoms with Crippen molar-refractivity contribution in [3.63, 3.8) is 0 Å². The molecule has 3 amide bonds. The molecule has 2 N–H and O–H groups in total. The van der Waals surface area contributed by atoms with E-state index in [0.29, 0.717) is 38.3 Å². The molecule has 4 rings (SSSR count). The fourth-order valence-corrected chi connectivity index (χ4v) is 4.17. The number of nitrogens with one attached hydrogen (secondary N) is 2. The Morgan fingerprint density at radius 1 is 1.06 bits per heavy atom. The van der Waals surface area contributed by atoms with E-state index in [1.807, 2.05) is 35.2 Å².